The van der Waals surface area contributed by atoms with E-state index in [1.54, 1.807) is 30.8 Å². The molecule has 1 heterocycles. The second-order valence-corrected chi connectivity index (χ2v) is 7.41. The molecule has 0 aliphatic rings. The third kappa shape index (κ3) is 4.98. The number of thioether (sulfide) groups is 1. The number of hydrogen-bond donors (Lipinski definition) is 1. The van der Waals surface area contributed by atoms with Crippen LogP contribution in [0.25, 0.3) is 0 Å². The van der Waals surface area contributed by atoms with Crippen LogP contribution in [0.4, 0.5) is 5.13 Å². The molecule has 0 unspecified atom stereocenters. The second kappa shape index (κ2) is 7.77. The highest BCUT2D eigenvalue weighted by Crippen LogP contribution is 2.25. The lowest BCUT2D eigenvalue weighted by Crippen LogP contribution is -2.30. The van der Waals surface area contributed by atoms with Gasteiger partial charge in [-0.25, -0.2) is 0 Å². The molecule has 0 aliphatic carbocycles. The Morgan fingerprint density at radius 2 is 2.14 bits per heavy atom. The normalized spacial score (nSPS) is 12.0. The maximum Gasteiger partial charge on any atom is 0.266 e. The SMILES string of the molecule is CCSc1nnc(NC(=O)[C@H](C)Oc2ccc(Br)cc2)s1. The van der Waals surface area contributed by atoms with Crippen molar-refractivity contribution in [2.24, 2.45) is 0 Å². The minimum atomic E-state index is -0.614. The fourth-order valence-electron chi connectivity index (χ4n) is 1.42. The molecule has 112 valence electrons. The standard InChI is InChI=1S/C13H14BrN3O2S2/c1-3-20-13-17-16-12(21-13)15-11(18)8(2)19-10-6-4-9(14)5-7-10/h4-8H,3H2,1-2H3,(H,15,16,18)/t8-/m0/s1. The van der Waals surface area contributed by atoms with Gasteiger partial charge in [-0.1, -0.05) is 46.0 Å². The molecule has 1 aromatic carbocycles. The number of benzene rings is 1. The van der Waals surface area contributed by atoms with E-state index < -0.39 is 6.10 Å². The van der Waals surface area contributed by atoms with E-state index in [4.69, 9.17) is 4.74 Å². The fraction of sp³-hybridized carbons (Fsp3) is 0.308. The maximum atomic E-state index is 12.0. The molecule has 0 aliphatic heterocycles. The molecule has 1 aromatic heterocycles. The summed E-state index contributed by atoms with van der Waals surface area (Å²) in [4.78, 5) is 12.0. The smallest absolute Gasteiger partial charge is 0.266 e. The van der Waals surface area contributed by atoms with Crippen LogP contribution in [0.2, 0.25) is 0 Å². The molecule has 2 rings (SSSR count). The van der Waals surface area contributed by atoms with Crippen LogP contribution < -0.4 is 10.1 Å². The van der Waals surface area contributed by atoms with Gasteiger partial charge in [0.2, 0.25) is 5.13 Å². The van der Waals surface area contributed by atoms with Crippen molar-refractivity contribution in [3.8, 4) is 5.75 Å². The van der Waals surface area contributed by atoms with E-state index >= 15 is 0 Å². The summed E-state index contributed by atoms with van der Waals surface area (Å²) in [6.45, 7) is 3.73. The first-order valence-corrected chi connectivity index (χ1v) is 8.87. The van der Waals surface area contributed by atoms with E-state index in [9.17, 15) is 4.79 Å². The zero-order chi connectivity index (χ0) is 15.2. The molecule has 0 radical (unpaired) electrons. The number of nitrogens with one attached hydrogen (secondary N) is 1. The molecule has 1 N–H and O–H groups in total. The fourth-order valence-corrected chi connectivity index (χ4v) is 3.34. The van der Waals surface area contributed by atoms with Crippen LogP contribution >= 0.6 is 39.0 Å². The molecule has 8 heteroatoms. The number of anilines is 1. The number of ether oxygens (including phenoxy) is 1. The summed E-state index contributed by atoms with van der Waals surface area (Å²) in [7, 11) is 0. The van der Waals surface area contributed by atoms with Gasteiger partial charge < -0.3 is 4.74 Å². The van der Waals surface area contributed by atoms with Crippen molar-refractivity contribution in [1.82, 2.24) is 10.2 Å². The largest absolute Gasteiger partial charge is 0.481 e. The summed E-state index contributed by atoms with van der Waals surface area (Å²) >= 11 is 6.30. The summed E-state index contributed by atoms with van der Waals surface area (Å²) in [6, 6.07) is 7.32. The highest BCUT2D eigenvalue weighted by atomic mass is 79.9. The Kier molecular flexibility index (Phi) is 6.01. The Bertz CT molecular complexity index is 604. The van der Waals surface area contributed by atoms with Crippen molar-refractivity contribution in [2.45, 2.75) is 24.3 Å². The number of nitrogens with zero attached hydrogens (tertiary/aromatic N) is 2. The molecule has 0 spiro atoms. The van der Waals surface area contributed by atoms with Gasteiger partial charge in [-0.05, 0) is 36.9 Å². The number of aromatic nitrogens is 2. The van der Waals surface area contributed by atoms with E-state index in [0.29, 0.717) is 10.9 Å². The third-order valence-electron chi connectivity index (χ3n) is 2.40. The Balaban J connectivity index is 1.90. The third-order valence-corrected chi connectivity index (χ3v) is 4.78. The highest BCUT2D eigenvalue weighted by Gasteiger charge is 2.17. The van der Waals surface area contributed by atoms with E-state index in [1.165, 1.54) is 11.3 Å². The number of halogens is 1. The van der Waals surface area contributed by atoms with Gasteiger partial charge in [-0.2, -0.15) is 0 Å². The molecule has 1 amide bonds. The van der Waals surface area contributed by atoms with Gasteiger partial charge in [-0.15, -0.1) is 10.2 Å². The first-order chi connectivity index (χ1) is 10.1. The number of carbonyl (C=O) groups excluding carboxylic acids is 1. The van der Waals surface area contributed by atoms with Gasteiger partial charge in [-0.3, -0.25) is 10.1 Å². The lowest BCUT2D eigenvalue weighted by molar-refractivity contribution is -0.122. The summed E-state index contributed by atoms with van der Waals surface area (Å²) in [5.74, 6) is 1.31. The van der Waals surface area contributed by atoms with Gasteiger partial charge in [0, 0.05) is 4.47 Å². The van der Waals surface area contributed by atoms with Gasteiger partial charge in [0.25, 0.3) is 5.91 Å². The van der Waals surface area contributed by atoms with Crippen molar-refractivity contribution in [2.75, 3.05) is 11.1 Å². The number of carbonyl (C=O) groups is 1. The minimum absolute atomic E-state index is 0.248. The van der Waals surface area contributed by atoms with Crippen molar-refractivity contribution in [1.29, 1.82) is 0 Å². The van der Waals surface area contributed by atoms with Crippen LogP contribution in [0, 0.1) is 0 Å². The summed E-state index contributed by atoms with van der Waals surface area (Å²) in [5.41, 5.74) is 0. The average Bonchev–Trinajstić information content (AvgIpc) is 2.89. The lowest BCUT2D eigenvalue weighted by Gasteiger charge is -2.13. The molecule has 0 fully saturated rings. The predicted molar refractivity (Wildman–Crippen MR) is 89.2 cm³/mol. The predicted octanol–water partition coefficient (Wildman–Crippen LogP) is 3.82. The van der Waals surface area contributed by atoms with E-state index in [-0.39, 0.29) is 5.91 Å². The quantitative estimate of drug-likeness (QED) is 0.602. The maximum absolute atomic E-state index is 12.0. The molecule has 0 saturated carbocycles. The molecule has 2 aromatic rings. The average molecular weight is 388 g/mol. The summed E-state index contributed by atoms with van der Waals surface area (Å²) in [6.07, 6.45) is -0.614. The van der Waals surface area contributed by atoms with Gasteiger partial charge >= 0.3 is 0 Å². The van der Waals surface area contributed by atoms with Gasteiger partial charge in [0.1, 0.15) is 5.75 Å². The summed E-state index contributed by atoms with van der Waals surface area (Å²) in [5, 5.41) is 11.1. The molecule has 21 heavy (non-hydrogen) atoms. The van der Waals surface area contributed by atoms with E-state index in [0.717, 1.165) is 14.6 Å². The van der Waals surface area contributed by atoms with Crippen molar-refractivity contribution < 1.29 is 9.53 Å². The van der Waals surface area contributed by atoms with Crippen LogP contribution in [-0.4, -0.2) is 28.0 Å². The van der Waals surface area contributed by atoms with Gasteiger partial charge in [0.05, 0.1) is 0 Å². The Morgan fingerprint density at radius 3 is 2.81 bits per heavy atom. The molecule has 0 bridgehead atoms. The van der Waals surface area contributed by atoms with E-state index in [2.05, 4.69) is 31.4 Å². The first-order valence-electron chi connectivity index (χ1n) is 6.28. The Morgan fingerprint density at radius 1 is 1.43 bits per heavy atom. The van der Waals surface area contributed by atoms with E-state index in [1.807, 2.05) is 19.1 Å². The molecule has 5 nitrogen and oxygen atoms in total. The Hall–Kier alpha value is -1.12. The van der Waals surface area contributed by atoms with Crippen LogP contribution in [-0.2, 0) is 4.79 Å². The zero-order valence-electron chi connectivity index (χ0n) is 11.5. The number of hydrogen-bond acceptors (Lipinski definition) is 6. The molecular weight excluding hydrogens is 374 g/mol. The molecular formula is C13H14BrN3O2S2. The second-order valence-electron chi connectivity index (χ2n) is 4.01. The first kappa shape index (κ1) is 16.3. The van der Waals surface area contributed by atoms with Gasteiger partial charge in [0.15, 0.2) is 10.4 Å². The van der Waals surface area contributed by atoms with Crippen LogP contribution in [0.3, 0.4) is 0 Å². The summed E-state index contributed by atoms with van der Waals surface area (Å²) < 4.78 is 7.38. The molecule has 0 saturated heterocycles. The van der Waals surface area contributed by atoms with Crippen LogP contribution in [0.15, 0.2) is 33.1 Å². The highest BCUT2D eigenvalue weighted by molar-refractivity contribution is 9.10. The lowest BCUT2D eigenvalue weighted by atomic mass is 10.3. The number of amides is 1. The topological polar surface area (TPSA) is 64.1 Å². The van der Waals surface area contributed by atoms with Crippen molar-refractivity contribution >= 4 is 50.1 Å². The Labute approximate surface area is 139 Å². The number of rotatable bonds is 6. The van der Waals surface area contributed by atoms with Crippen molar-refractivity contribution in [3.05, 3.63) is 28.7 Å². The zero-order valence-corrected chi connectivity index (χ0v) is 14.7. The molecule has 1 atom stereocenters. The minimum Gasteiger partial charge on any atom is -0.481 e. The van der Waals surface area contributed by atoms with Crippen LogP contribution in [0.5, 0.6) is 5.75 Å². The van der Waals surface area contributed by atoms with Crippen molar-refractivity contribution in [3.63, 3.8) is 0 Å². The van der Waals surface area contributed by atoms with Crippen LogP contribution in [0.1, 0.15) is 13.8 Å². The monoisotopic (exact) mass is 387 g/mol.